The second-order valence-electron chi connectivity index (χ2n) is 3.45. The van der Waals surface area contributed by atoms with Crippen molar-refractivity contribution in [1.29, 1.82) is 0 Å². The van der Waals surface area contributed by atoms with Gasteiger partial charge in [0.25, 0.3) is 0 Å². The van der Waals surface area contributed by atoms with Gasteiger partial charge in [-0.15, -0.1) is 11.3 Å². The SMILES string of the molecule is Cc1cnc(NC(=O)C(S)C(C)C)s1. The van der Waals surface area contributed by atoms with Crippen LogP contribution in [0.1, 0.15) is 18.7 Å². The average Bonchev–Trinajstić information content (AvgIpc) is 2.49. The number of hydrogen-bond acceptors (Lipinski definition) is 4. The number of nitrogens with one attached hydrogen (secondary N) is 1. The number of carbonyl (C=O) groups is 1. The van der Waals surface area contributed by atoms with E-state index >= 15 is 0 Å². The van der Waals surface area contributed by atoms with Crippen LogP contribution in [0.4, 0.5) is 5.13 Å². The second-order valence-corrected chi connectivity index (χ2v) is 5.25. The van der Waals surface area contributed by atoms with Crippen LogP contribution in [0, 0.1) is 12.8 Å². The summed E-state index contributed by atoms with van der Waals surface area (Å²) in [6.45, 7) is 5.88. The number of hydrogen-bond donors (Lipinski definition) is 2. The van der Waals surface area contributed by atoms with E-state index in [1.807, 2.05) is 20.8 Å². The van der Waals surface area contributed by atoms with Crippen molar-refractivity contribution >= 4 is 35.0 Å². The van der Waals surface area contributed by atoms with Gasteiger partial charge in [0.15, 0.2) is 5.13 Å². The molecule has 0 bridgehead atoms. The zero-order valence-electron chi connectivity index (χ0n) is 8.44. The van der Waals surface area contributed by atoms with Gasteiger partial charge in [-0.3, -0.25) is 4.79 Å². The average molecular weight is 230 g/mol. The Labute approximate surface area is 93.3 Å². The van der Waals surface area contributed by atoms with E-state index in [-0.39, 0.29) is 17.1 Å². The number of amides is 1. The summed E-state index contributed by atoms with van der Waals surface area (Å²) in [5.41, 5.74) is 0. The first-order chi connectivity index (χ1) is 6.50. The molecule has 1 unspecified atom stereocenters. The highest BCUT2D eigenvalue weighted by molar-refractivity contribution is 7.81. The highest BCUT2D eigenvalue weighted by atomic mass is 32.1. The number of rotatable bonds is 3. The molecule has 0 radical (unpaired) electrons. The Balaban J connectivity index is 2.57. The Morgan fingerprint density at radius 1 is 1.64 bits per heavy atom. The molecule has 1 aromatic heterocycles. The monoisotopic (exact) mass is 230 g/mol. The molecule has 0 aliphatic rings. The van der Waals surface area contributed by atoms with Gasteiger partial charge in [0.05, 0.1) is 5.25 Å². The topological polar surface area (TPSA) is 42.0 Å². The van der Waals surface area contributed by atoms with Gasteiger partial charge in [0.2, 0.25) is 5.91 Å². The van der Waals surface area contributed by atoms with Crippen LogP contribution in [0.3, 0.4) is 0 Å². The molecule has 1 rings (SSSR count). The Hall–Kier alpha value is -0.550. The lowest BCUT2D eigenvalue weighted by molar-refractivity contribution is -0.116. The zero-order valence-corrected chi connectivity index (χ0v) is 10.2. The molecule has 0 aliphatic heterocycles. The van der Waals surface area contributed by atoms with Gasteiger partial charge in [0.1, 0.15) is 0 Å². The maximum atomic E-state index is 11.5. The number of aryl methyl sites for hydroxylation is 1. The molecule has 3 nitrogen and oxygen atoms in total. The van der Waals surface area contributed by atoms with Gasteiger partial charge >= 0.3 is 0 Å². The molecule has 1 atom stereocenters. The second kappa shape index (κ2) is 4.79. The van der Waals surface area contributed by atoms with E-state index in [9.17, 15) is 4.79 Å². The van der Waals surface area contributed by atoms with E-state index in [0.29, 0.717) is 5.13 Å². The molecule has 1 amide bonds. The Morgan fingerprint density at radius 3 is 2.71 bits per heavy atom. The summed E-state index contributed by atoms with van der Waals surface area (Å²) in [6, 6.07) is 0. The molecule has 0 spiro atoms. The van der Waals surface area contributed by atoms with E-state index in [4.69, 9.17) is 0 Å². The number of thiol groups is 1. The van der Waals surface area contributed by atoms with Crippen LogP contribution in [0.2, 0.25) is 0 Å². The first kappa shape index (κ1) is 11.5. The van der Waals surface area contributed by atoms with Gasteiger partial charge in [-0.1, -0.05) is 13.8 Å². The van der Waals surface area contributed by atoms with Crippen molar-refractivity contribution in [3.8, 4) is 0 Å². The maximum absolute atomic E-state index is 11.5. The number of carbonyl (C=O) groups excluding carboxylic acids is 1. The fourth-order valence-corrected chi connectivity index (χ4v) is 1.63. The van der Waals surface area contributed by atoms with Crippen molar-refractivity contribution in [2.24, 2.45) is 5.92 Å². The highest BCUT2D eigenvalue weighted by Gasteiger charge is 2.18. The summed E-state index contributed by atoms with van der Waals surface area (Å²) in [4.78, 5) is 16.7. The third kappa shape index (κ3) is 2.99. The van der Waals surface area contributed by atoms with Crippen LogP contribution in [-0.2, 0) is 4.79 Å². The molecule has 14 heavy (non-hydrogen) atoms. The number of aromatic nitrogens is 1. The molecular formula is C9H14N2OS2. The lowest BCUT2D eigenvalue weighted by atomic mass is 10.1. The van der Waals surface area contributed by atoms with Crippen LogP contribution in [0.15, 0.2) is 6.20 Å². The Morgan fingerprint density at radius 2 is 2.29 bits per heavy atom. The molecule has 1 heterocycles. The Kier molecular flexibility index (Phi) is 3.95. The third-order valence-corrected chi connectivity index (χ3v) is 3.41. The minimum absolute atomic E-state index is 0.0855. The summed E-state index contributed by atoms with van der Waals surface area (Å²) in [5, 5.41) is 3.10. The van der Waals surface area contributed by atoms with Crippen LogP contribution >= 0.6 is 24.0 Å². The first-order valence-electron chi connectivity index (χ1n) is 4.42. The minimum Gasteiger partial charge on any atom is -0.301 e. The lowest BCUT2D eigenvalue weighted by Crippen LogP contribution is -2.27. The van der Waals surface area contributed by atoms with E-state index in [0.717, 1.165) is 4.88 Å². The summed E-state index contributed by atoms with van der Waals surface area (Å²) in [7, 11) is 0. The van der Waals surface area contributed by atoms with Gasteiger partial charge in [-0.2, -0.15) is 12.6 Å². The van der Waals surface area contributed by atoms with Gasteiger partial charge < -0.3 is 5.32 Å². The van der Waals surface area contributed by atoms with E-state index < -0.39 is 0 Å². The molecule has 0 aromatic carbocycles. The number of thiazole rings is 1. The third-order valence-electron chi connectivity index (χ3n) is 1.75. The predicted molar refractivity (Wildman–Crippen MR) is 63.1 cm³/mol. The van der Waals surface area contributed by atoms with Gasteiger partial charge in [0, 0.05) is 11.1 Å². The molecule has 78 valence electrons. The molecule has 1 N–H and O–H groups in total. The van der Waals surface area contributed by atoms with Crippen LogP contribution in [0.5, 0.6) is 0 Å². The van der Waals surface area contributed by atoms with Crippen molar-refractivity contribution in [2.75, 3.05) is 5.32 Å². The van der Waals surface area contributed by atoms with E-state index in [1.54, 1.807) is 6.20 Å². The fraction of sp³-hybridized carbons (Fsp3) is 0.556. The van der Waals surface area contributed by atoms with Crippen LogP contribution in [0.25, 0.3) is 0 Å². The quantitative estimate of drug-likeness (QED) is 0.783. The van der Waals surface area contributed by atoms with Gasteiger partial charge in [-0.25, -0.2) is 4.98 Å². The number of anilines is 1. The molecule has 1 aromatic rings. The van der Waals surface area contributed by atoms with Gasteiger partial charge in [-0.05, 0) is 12.8 Å². The van der Waals surface area contributed by atoms with Crippen molar-refractivity contribution in [2.45, 2.75) is 26.0 Å². The molecule has 0 aliphatic carbocycles. The summed E-state index contributed by atoms with van der Waals surface area (Å²) in [5.74, 6) is 0.136. The molecule has 0 saturated heterocycles. The van der Waals surface area contributed by atoms with E-state index in [2.05, 4.69) is 22.9 Å². The minimum atomic E-state index is -0.279. The van der Waals surface area contributed by atoms with Crippen LogP contribution < -0.4 is 5.32 Å². The van der Waals surface area contributed by atoms with Crippen molar-refractivity contribution < 1.29 is 4.79 Å². The lowest BCUT2D eigenvalue weighted by Gasteiger charge is -2.12. The molecule has 0 saturated carbocycles. The number of nitrogens with zero attached hydrogens (tertiary/aromatic N) is 1. The van der Waals surface area contributed by atoms with Crippen molar-refractivity contribution in [3.05, 3.63) is 11.1 Å². The standard InChI is InChI=1S/C9H14N2OS2/c1-5(2)7(13)8(12)11-9-10-4-6(3)14-9/h4-5,7,13H,1-3H3,(H,10,11,12). The summed E-state index contributed by atoms with van der Waals surface area (Å²) in [6.07, 6.45) is 1.74. The Bertz CT molecular complexity index is 322. The van der Waals surface area contributed by atoms with Crippen molar-refractivity contribution in [1.82, 2.24) is 4.98 Å². The zero-order chi connectivity index (χ0) is 10.7. The smallest absolute Gasteiger partial charge is 0.239 e. The highest BCUT2D eigenvalue weighted by Crippen LogP contribution is 2.18. The normalized spacial score (nSPS) is 12.9. The van der Waals surface area contributed by atoms with Crippen LogP contribution in [-0.4, -0.2) is 16.1 Å². The summed E-state index contributed by atoms with van der Waals surface area (Å²) < 4.78 is 0. The molecular weight excluding hydrogens is 216 g/mol. The van der Waals surface area contributed by atoms with Crippen molar-refractivity contribution in [3.63, 3.8) is 0 Å². The maximum Gasteiger partial charge on any atom is 0.239 e. The first-order valence-corrected chi connectivity index (χ1v) is 5.75. The predicted octanol–water partition coefficient (Wildman–Crippen LogP) is 2.34. The molecule has 5 heteroatoms. The summed E-state index contributed by atoms with van der Waals surface area (Å²) >= 11 is 5.69. The largest absolute Gasteiger partial charge is 0.301 e. The fourth-order valence-electron chi connectivity index (χ4n) is 0.895. The van der Waals surface area contributed by atoms with E-state index in [1.165, 1.54) is 11.3 Å². The molecule has 0 fully saturated rings.